The monoisotopic (exact) mass is 357 g/mol. The van der Waals surface area contributed by atoms with Crippen molar-refractivity contribution in [1.29, 1.82) is 0 Å². The number of carboxylic acid groups (broad SMARTS) is 1. The molecule has 1 atom stereocenters. The summed E-state index contributed by atoms with van der Waals surface area (Å²) in [5.41, 5.74) is 1.64. The summed E-state index contributed by atoms with van der Waals surface area (Å²) in [5, 5.41) is 19.2. The van der Waals surface area contributed by atoms with Crippen LogP contribution in [0, 0.1) is 0 Å². The van der Waals surface area contributed by atoms with Crippen molar-refractivity contribution in [3.05, 3.63) is 71.3 Å². The second-order valence-corrected chi connectivity index (χ2v) is 7.10. The van der Waals surface area contributed by atoms with Crippen molar-refractivity contribution in [2.24, 2.45) is 0 Å². The summed E-state index contributed by atoms with van der Waals surface area (Å²) in [7, 11) is 6.16. The molecule has 5 heteroatoms. The maximum Gasteiger partial charge on any atom is 0.193 e. The number of aliphatic hydroxyl groups excluding tert-OH is 1. The van der Waals surface area contributed by atoms with Crippen LogP contribution >= 0.6 is 0 Å². The van der Waals surface area contributed by atoms with Gasteiger partial charge in [0.05, 0.1) is 27.7 Å². The minimum Gasteiger partial charge on any atom is -0.550 e. The lowest BCUT2D eigenvalue weighted by Crippen LogP contribution is -2.36. The number of likely N-dealkylation sites (N-methyl/N-ethyl adjacent to an activating group) is 1. The summed E-state index contributed by atoms with van der Waals surface area (Å²) >= 11 is 0. The predicted molar refractivity (Wildman–Crippen MR) is 99.7 cm³/mol. The molecule has 0 saturated heterocycles. The fraction of sp³-hybridized carbons (Fsp3) is 0.333. The predicted octanol–water partition coefficient (Wildman–Crippen LogP) is 1.46. The topological polar surface area (TPSA) is 77.4 Å². The highest BCUT2D eigenvalue weighted by atomic mass is 16.4. The van der Waals surface area contributed by atoms with Crippen LogP contribution in [0.3, 0.4) is 0 Å². The van der Waals surface area contributed by atoms with E-state index in [9.17, 15) is 14.7 Å². The van der Waals surface area contributed by atoms with Crippen molar-refractivity contribution < 1.29 is 24.3 Å². The first-order valence-electron chi connectivity index (χ1n) is 8.47. The minimum atomic E-state index is -1.15. The number of carbonyl (C=O) groups is 2. The highest BCUT2D eigenvalue weighted by Crippen LogP contribution is 2.18. The number of hydrogen-bond donors (Lipinski definition) is 1. The lowest BCUT2D eigenvalue weighted by Gasteiger charge is -2.21. The van der Waals surface area contributed by atoms with Gasteiger partial charge in [0.2, 0.25) is 0 Å². The quantitative estimate of drug-likeness (QED) is 0.627. The van der Waals surface area contributed by atoms with E-state index in [4.69, 9.17) is 5.11 Å². The zero-order valence-corrected chi connectivity index (χ0v) is 15.8. The van der Waals surface area contributed by atoms with Crippen LogP contribution in [-0.4, -0.2) is 55.6 Å². The van der Waals surface area contributed by atoms with Crippen LogP contribution in [0.1, 0.15) is 34.3 Å². The van der Waals surface area contributed by atoms with Gasteiger partial charge >= 0.3 is 0 Å². The molecule has 0 aliphatic carbocycles. The molecular weight excluding hydrogens is 330 g/mol. The van der Waals surface area contributed by atoms with Crippen molar-refractivity contribution in [3.8, 4) is 0 Å². The van der Waals surface area contributed by atoms with Gasteiger partial charge in [-0.15, -0.1) is 0 Å². The highest BCUT2D eigenvalue weighted by Gasteiger charge is 2.12. The standard InChI is InChI=1S/C16H14O3.C5H14NO/c1-11(16(18)19)13-8-5-9-14(10-13)15(17)12-6-3-2-4-7-12;1-6(2,3)4-5-7/h2-11H,1H3,(H,18,19);7H,4-5H2,1-3H3/q;+1/p-1. The van der Waals surface area contributed by atoms with Crippen LogP contribution in [0.15, 0.2) is 54.6 Å². The van der Waals surface area contributed by atoms with E-state index < -0.39 is 11.9 Å². The van der Waals surface area contributed by atoms with E-state index in [0.717, 1.165) is 11.0 Å². The number of ketones is 1. The molecular formula is C21H27NO4. The number of carbonyl (C=O) groups excluding carboxylic acids is 2. The van der Waals surface area contributed by atoms with Crippen LogP contribution in [0.4, 0.5) is 0 Å². The van der Waals surface area contributed by atoms with E-state index in [0.29, 0.717) is 16.7 Å². The van der Waals surface area contributed by atoms with Crippen LogP contribution < -0.4 is 5.11 Å². The van der Waals surface area contributed by atoms with Gasteiger partial charge in [0.25, 0.3) is 0 Å². The first-order valence-corrected chi connectivity index (χ1v) is 8.47. The summed E-state index contributed by atoms with van der Waals surface area (Å²) < 4.78 is 0.844. The van der Waals surface area contributed by atoms with Gasteiger partial charge in [-0.3, -0.25) is 4.79 Å². The largest absolute Gasteiger partial charge is 0.550 e. The molecule has 140 valence electrons. The maximum absolute atomic E-state index is 12.2. The van der Waals surface area contributed by atoms with Gasteiger partial charge in [-0.2, -0.15) is 0 Å². The minimum absolute atomic E-state index is 0.118. The Labute approximate surface area is 155 Å². The van der Waals surface area contributed by atoms with Crippen molar-refractivity contribution in [1.82, 2.24) is 0 Å². The van der Waals surface area contributed by atoms with Gasteiger partial charge in [0.1, 0.15) is 6.54 Å². The third-order valence-electron chi connectivity index (χ3n) is 3.81. The Bertz CT molecular complexity index is 720. The zero-order chi connectivity index (χ0) is 19.7. The van der Waals surface area contributed by atoms with Crippen LogP contribution in [0.25, 0.3) is 0 Å². The van der Waals surface area contributed by atoms with Gasteiger partial charge in [-0.1, -0.05) is 55.5 Å². The van der Waals surface area contributed by atoms with Gasteiger partial charge in [0, 0.05) is 23.0 Å². The molecule has 0 aromatic heterocycles. The van der Waals surface area contributed by atoms with E-state index in [2.05, 4.69) is 21.1 Å². The number of benzene rings is 2. The Kier molecular flexibility index (Phi) is 8.16. The Morgan fingerprint density at radius 3 is 2.04 bits per heavy atom. The molecule has 0 heterocycles. The number of carboxylic acids is 1. The molecule has 2 aromatic rings. The Morgan fingerprint density at radius 1 is 1.00 bits per heavy atom. The molecule has 2 aromatic carbocycles. The fourth-order valence-corrected chi connectivity index (χ4v) is 2.14. The first kappa shape index (κ1) is 21.5. The van der Waals surface area contributed by atoms with Crippen molar-refractivity contribution in [2.45, 2.75) is 12.8 Å². The second-order valence-electron chi connectivity index (χ2n) is 7.10. The lowest BCUT2D eigenvalue weighted by molar-refractivity contribution is -0.870. The molecule has 1 unspecified atom stereocenters. The third kappa shape index (κ3) is 7.17. The van der Waals surface area contributed by atoms with Gasteiger partial charge < -0.3 is 19.5 Å². The summed E-state index contributed by atoms with van der Waals surface area (Å²) in [6.07, 6.45) is 0. The molecule has 2 rings (SSSR count). The first-order chi connectivity index (χ1) is 12.2. The van der Waals surface area contributed by atoms with E-state index >= 15 is 0 Å². The van der Waals surface area contributed by atoms with Gasteiger partial charge in [-0.25, -0.2) is 0 Å². The van der Waals surface area contributed by atoms with Crippen LogP contribution in [0.5, 0.6) is 0 Å². The normalized spacial score (nSPS) is 11.9. The third-order valence-corrected chi connectivity index (χ3v) is 3.81. The number of quaternary nitrogens is 1. The average Bonchev–Trinajstić information content (AvgIpc) is 2.60. The fourth-order valence-electron chi connectivity index (χ4n) is 2.14. The van der Waals surface area contributed by atoms with Crippen molar-refractivity contribution in [2.75, 3.05) is 34.3 Å². The number of nitrogens with zero attached hydrogens (tertiary/aromatic N) is 1. The summed E-state index contributed by atoms with van der Waals surface area (Å²) in [6.45, 7) is 2.66. The molecule has 0 saturated carbocycles. The smallest absolute Gasteiger partial charge is 0.193 e. The van der Waals surface area contributed by atoms with E-state index in [1.165, 1.54) is 0 Å². The number of rotatable bonds is 6. The number of aliphatic hydroxyl groups is 1. The van der Waals surface area contributed by atoms with E-state index in [1.54, 1.807) is 55.5 Å². The lowest BCUT2D eigenvalue weighted by atomic mass is 9.96. The highest BCUT2D eigenvalue weighted by molar-refractivity contribution is 6.09. The molecule has 0 spiro atoms. The zero-order valence-electron chi connectivity index (χ0n) is 15.8. The molecule has 1 N–H and O–H groups in total. The summed E-state index contributed by atoms with van der Waals surface area (Å²) in [5.74, 6) is -2.00. The molecule has 0 radical (unpaired) electrons. The van der Waals surface area contributed by atoms with Gasteiger partial charge in [0.15, 0.2) is 5.78 Å². The molecule has 5 nitrogen and oxygen atoms in total. The number of aliphatic carboxylic acids is 1. The molecule has 26 heavy (non-hydrogen) atoms. The molecule has 0 fully saturated rings. The Morgan fingerprint density at radius 2 is 1.58 bits per heavy atom. The second kappa shape index (κ2) is 9.85. The Balaban J connectivity index is 0.000000412. The summed E-state index contributed by atoms with van der Waals surface area (Å²) in [6, 6.07) is 15.5. The van der Waals surface area contributed by atoms with Crippen molar-refractivity contribution in [3.63, 3.8) is 0 Å². The maximum atomic E-state index is 12.2. The van der Waals surface area contributed by atoms with Gasteiger partial charge in [-0.05, 0) is 11.6 Å². The SMILES string of the molecule is CC(C(=O)[O-])c1cccc(C(=O)c2ccccc2)c1.C[N+](C)(C)CCO. The molecule has 0 aliphatic rings. The average molecular weight is 357 g/mol. The molecule has 0 amide bonds. The molecule has 0 bridgehead atoms. The van der Waals surface area contributed by atoms with Crippen molar-refractivity contribution >= 4 is 11.8 Å². The van der Waals surface area contributed by atoms with Crippen LogP contribution in [-0.2, 0) is 4.79 Å². The Hall–Kier alpha value is -2.50. The van der Waals surface area contributed by atoms with Crippen LogP contribution in [0.2, 0.25) is 0 Å². The number of hydrogen-bond acceptors (Lipinski definition) is 4. The molecule has 0 aliphatic heterocycles. The van der Waals surface area contributed by atoms with E-state index in [-0.39, 0.29) is 12.4 Å². The van der Waals surface area contributed by atoms with E-state index in [1.807, 2.05) is 6.07 Å². The summed E-state index contributed by atoms with van der Waals surface area (Å²) in [4.78, 5) is 23.1.